The molecule has 0 aliphatic carbocycles. The first-order valence-corrected chi connectivity index (χ1v) is 8.34. The van der Waals surface area contributed by atoms with E-state index in [4.69, 9.17) is 9.26 Å². The zero-order valence-corrected chi connectivity index (χ0v) is 15.0. The number of carbonyl (C=O) groups is 1. The summed E-state index contributed by atoms with van der Waals surface area (Å²) < 4.78 is 10.4. The van der Waals surface area contributed by atoms with Crippen molar-refractivity contribution in [3.63, 3.8) is 0 Å². The number of rotatable bonds is 7. The molecule has 0 saturated carbocycles. The van der Waals surface area contributed by atoms with Gasteiger partial charge in [0.25, 0.3) is 0 Å². The molecule has 3 aromatic rings. The second-order valence-corrected chi connectivity index (χ2v) is 6.04. The fourth-order valence-corrected chi connectivity index (χ4v) is 2.61. The summed E-state index contributed by atoms with van der Waals surface area (Å²) in [6, 6.07) is 7.94. The highest BCUT2D eigenvalue weighted by atomic mass is 16.5. The third-order valence-electron chi connectivity index (χ3n) is 3.79. The van der Waals surface area contributed by atoms with E-state index in [1.54, 1.807) is 13.1 Å². The number of aromatic amines is 1. The van der Waals surface area contributed by atoms with Gasteiger partial charge in [0.2, 0.25) is 11.7 Å². The topological polar surface area (TPSA) is 97.1 Å². The standard InChI is InChI=1S/C18H21N5O3/c1-4-25-18(24)16-14(9-19-21-16)10-23(3)11-15-20-17(22-26-15)13-7-5-6-12(2)8-13/h5-9H,4,10-11H2,1-3H3,(H,19,21). The van der Waals surface area contributed by atoms with E-state index in [2.05, 4.69) is 20.3 Å². The van der Waals surface area contributed by atoms with Crippen LogP contribution in [0.2, 0.25) is 0 Å². The minimum absolute atomic E-state index is 0.316. The Morgan fingerprint density at radius 1 is 1.35 bits per heavy atom. The van der Waals surface area contributed by atoms with Gasteiger partial charge in [0.1, 0.15) is 5.69 Å². The van der Waals surface area contributed by atoms with Gasteiger partial charge in [-0.15, -0.1) is 0 Å². The van der Waals surface area contributed by atoms with Crippen LogP contribution in [0.1, 0.15) is 34.4 Å². The Morgan fingerprint density at radius 3 is 2.96 bits per heavy atom. The Morgan fingerprint density at radius 2 is 2.19 bits per heavy atom. The maximum atomic E-state index is 11.9. The first kappa shape index (κ1) is 17.8. The number of benzene rings is 1. The number of aromatic nitrogens is 4. The molecule has 8 heteroatoms. The number of aryl methyl sites for hydroxylation is 1. The summed E-state index contributed by atoms with van der Waals surface area (Å²) in [5.41, 5.74) is 3.17. The van der Waals surface area contributed by atoms with Gasteiger partial charge in [-0.2, -0.15) is 10.1 Å². The van der Waals surface area contributed by atoms with Crippen LogP contribution in [0.5, 0.6) is 0 Å². The zero-order chi connectivity index (χ0) is 18.5. The van der Waals surface area contributed by atoms with Crippen LogP contribution in [0.4, 0.5) is 0 Å². The van der Waals surface area contributed by atoms with Crippen molar-refractivity contribution in [2.24, 2.45) is 0 Å². The molecule has 2 aromatic heterocycles. The number of nitrogens with zero attached hydrogens (tertiary/aromatic N) is 4. The number of hydrogen-bond donors (Lipinski definition) is 1. The van der Waals surface area contributed by atoms with Crippen molar-refractivity contribution in [3.8, 4) is 11.4 Å². The van der Waals surface area contributed by atoms with Crippen LogP contribution in [-0.4, -0.2) is 44.9 Å². The Bertz CT molecular complexity index is 886. The van der Waals surface area contributed by atoms with Crippen molar-refractivity contribution >= 4 is 5.97 Å². The molecule has 1 aromatic carbocycles. The summed E-state index contributed by atoms with van der Waals surface area (Å²) in [6.45, 7) is 5.04. The highest BCUT2D eigenvalue weighted by Gasteiger charge is 2.17. The summed E-state index contributed by atoms with van der Waals surface area (Å²) in [6.07, 6.45) is 1.62. The van der Waals surface area contributed by atoms with Crippen molar-refractivity contribution in [2.45, 2.75) is 26.9 Å². The van der Waals surface area contributed by atoms with Gasteiger partial charge in [-0.1, -0.05) is 28.9 Å². The van der Waals surface area contributed by atoms with Gasteiger partial charge < -0.3 is 9.26 Å². The molecular formula is C18H21N5O3. The molecule has 0 fully saturated rings. The van der Waals surface area contributed by atoms with E-state index in [9.17, 15) is 4.79 Å². The highest BCUT2D eigenvalue weighted by Crippen LogP contribution is 2.18. The van der Waals surface area contributed by atoms with Crippen LogP contribution in [0.3, 0.4) is 0 Å². The van der Waals surface area contributed by atoms with E-state index in [0.717, 1.165) is 16.7 Å². The average Bonchev–Trinajstić information content (AvgIpc) is 3.24. The lowest BCUT2D eigenvalue weighted by Crippen LogP contribution is -2.19. The maximum Gasteiger partial charge on any atom is 0.356 e. The molecule has 0 unspecified atom stereocenters. The number of ether oxygens (including phenoxy) is 1. The number of carbonyl (C=O) groups excluding carboxylic acids is 1. The van der Waals surface area contributed by atoms with E-state index in [-0.39, 0.29) is 0 Å². The van der Waals surface area contributed by atoms with Crippen LogP contribution < -0.4 is 0 Å². The van der Waals surface area contributed by atoms with Crippen LogP contribution in [0, 0.1) is 6.92 Å². The van der Waals surface area contributed by atoms with E-state index in [1.165, 1.54) is 0 Å². The predicted octanol–water partition coefficient (Wildman–Crippen LogP) is 2.58. The molecular weight excluding hydrogens is 334 g/mol. The van der Waals surface area contributed by atoms with Crippen molar-refractivity contribution in [3.05, 3.63) is 53.2 Å². The molecule has 2 heterocycles. The number of hydrogen-bond acceptors (Lipinski definition) is 7. The Kier molecular flexibility index (Phi) is 5.43. The van der Waals surface area contributed by atoms with Crippen molar-refractivity contribution in [2.75, 3.05) is 13.7 Å². The monoisotopic (exact) mass is 355 g/mol. The fourth-order valence-electron chi connectivity index (χ4n) is 2.61. The Labute approximate surface area is 151 Å². The summed E-state index contributed by atoms with van der Waals surface area (Å²) in [7, 11) is 1.90. The lowest BCUT2D eigenvalue weighted by molar-refractivity contribution is 0.0517. The Hall–Kier alpha value is -3.00. The number of nitrogens with one attached hydrogen (secondary N) is 1. The SMILES string of the molecule is CCOC(=O)c1[nH]ncc1CN(C)Cc1nc(-c2cccc(C)c2)no1. The lowest BCUT2D eigenvalue weighted by Gasteiger charge is -2.13. The lowest BCUT2D eigenvalue weighted by atomic mass is 10.1. The largest absolute Gasteiger partial charge is 0.461 e. The molecule has 8 nitrogen and oxygen atoms in total. The summed E-state index contributed by atoms with van der Waals surface area (Å²) in [5, 5.41) is 10.7. The summed E-state index contributed by atoms with van der Waals surface area (Å²) >= 11 is 0. The van der Waals surface area contributed by atoms with Crippen molar-refractivity contribution in [1.82, 2.24) is 25.2 Å². The van der Waals surface area contributed by atoms with Crippen LogP contribution >= 0.6 is 0 Å². The van der Waals surface area contributed by atoms with Crippen LogP contribution in [0.25, 0.3) is 11.4 Å². The van der Waals surface area contributed by atoms with Crippen LogP contribution in [-0.2, 0) is 17.8 Å². The predicted molar refractivity (Wildman–Crippen MR) is 94.2 cm³/mol. The smallest absolute Gasteiger partial charge is 0.356 e. The first-order chi connectivity index (χ1) is 12.6. The van der Waals surface area contributed by atoms with Gasteiger partial charge in [0.05, 0.1) is 19.3 Å². The van der Waals surface area contributed by atoms with Gasteiger partial charge in [-0.05, 0) is 27.0 Å². The van der Waals surface area contributed by atoms with E-state index in [0.29, 0.717) is 37.1 Å². The van der Waals surface area contributed by atoms with E-state index >= 15 is 0 Å². The van der Waals surface area contributed by atoms with Gasteiger partial charge in [0.15, 0.2) is 0 Å². The fraction of sp³-hybridized carbons (Fsp3) is 0.333. The molecule has 0 amide bonds. The third-order valence-corrected chi connectivity index (χ3v) is 3.79. The van der Waals surface area contributed by atoms with Crippen LogP contribution in [0.15, 0.2) is 35.0 Å². The van der Waals surface area contributed by atoms with E-state index < -0.39 is 5.97 Å². The van der Waals surface area contributed by atoms with Gasteiger partial charge in [0, 0.05) is 17.7 Å². The minimum atomic E-state index is -0.409. The molecule has 1 N–H and O–H groups in total. The second kappa shape index (κ2) is 7.92. The quantitative estimate of drug-likeness (QED) is 0.651. The molecule has 0 radical (unpaired) electrons. The van der Waals surface area contributed by atoms with E-state index in [1.807, 2.05) is 43.1 Å². The summed E-state index contributed by atoms with van der Waals surface area (Å²) in [4.78, 5) is 18.3. The van der Waals surface area contributed by atoms with Gasteiger partial charge >= 0.3 is 5.97 Å². The minimum Gasteiger partial charge on any atom is -0.461 e. The second-order valence-electron chi connectivity index (χ2n) is 6.04. The summed E-state index contributed by atoms with van der Waals surface area (Å²) in [5.74, 6) is 0.658. The third kappa shape index (κ3) is 4.15. The zero-order valence-electron chi connectivity index (χ0n) is 15.0. The van der Waals surface area contributed by atoms with Gasteiger partial charge in [-0.3, -0.25) is 10.00 Å². The molecule has 0 aliphatic heterocycles. The first-order valence-electron chi connectivity index (χ1n) is 8.34. The van der Waals surface area contributed by atoms with Gasteiger partial charge in [-0.25, -0.2) is 4.79 Å². The molecule has 0 spiro atoms. The molecule has 0 bridgehead atoms. The molecule has 136 valence electrons. The average molecular weight is 355 g/mol. The van der Waals surface area contributed by atoms with Crippen molar-refractivity contribution < 1.29 is 14.1 Å². The molecule has 3 rings (SSSR count). The Balaban J connectivity index is 1.65. The highest BCUT2D eigenvalue weighted by molar-refractivity contribution is 5.88. The number of H-pyrrole nitrogens is 1. The maximum absolute atomic E-state index is 11.9. The molecule has 0 aliphatic rings. The normalized spacial score (nSPS) is 11.1. The number of esters is 1. The molecule has 0 saturated heterocycles. The van der Waals surface area contributed by atoms with Crippen molar-refractivity contribution in [1.29, 1.82) is 0 Å². The molecule has 0 atom stereocenters. The molecule has 26 heavy (non-hydrogen) atoms.